The third-order valence-electron chi connectivity index (χ3n) is 3.83. The quantitative estimate of drug-likeness (QED) is 0.681. The van der Waals surface area contributed by atoms with Gasteiger partial charge in [-0.25, -0.2) is 13.9 Å². The maximum Gasteiger partial charge on any atom is 0.256 e. The van der Waals surface area contributed by atoms with E-state index in [4.69, 9.17) is 0 Å². The molecule has 0 atom stereocenters. The number of nitrogens with one attached hydrogen (secondary N) is 2. The molecule has 26 heavy (non-hydrogen) atoms. The largest absolute Gasteiger partial charge is 0.350 e. The normalized spacial score (nSPS) is 10.7. The number of halogens is 1. The van der Waals surface area contributed by atoms with E-state index in [9.17, 15) is 14.0 Å². The van der Waals surface area contributed by atoms with E-state index < -0.39 is 5.82 Å². The molecule has 0 saturated carbocycles. The van der Waals surface area contributed by atoms with Gasteiger partial charge < -0.3 is 10.6 Å². The van der Waals surface area contributed by atoms with Gasteiger partial charge in [-0.3, -0.25) is 9.59 Å². The first-order valence-corrected chi connectivity index (χ1v) is 8.09. The second-order valence-electron chi connectivity index (χ2n) is 5.85. The Morgan fingerprint density at radius 2 is 1.73 bits per heavy atom. The van der Waals surface area contributed by atoms with E-state index in [0.29, 0.717) is 16.8 Å². The highest BCUT2D eigenvalue weighted by atomic mass is 19.1. The number of hydrogen-bond donors (Lipinski definition) is 2. The maximum atomic E-state index is 12.8. The number of nitrogens with zero attached hydrogens (tertiary/aromatic N) is 3. The smallest absolute Gasteiger partial charge is 0.256 e. The van der Waals surface area contributed by atoms with E-state index in [1.807, 2.05) is 19.9 Å². The lowest BCUT2D eigenvalue weighted by atomic mass is 10.2. The van der Waals surface area contributed by atoms with Crippen molar-refractivity contribution in [3.05, 3.63) is 64.9 Å². The Hall–Kier alpha value is -3.29. The Bertz CT molecular complexity index is 966. The molecule has 134 valence electrons. The van der Waals surface area contributed by atoms with Crippen LogP contribution in [0.1, 0.15) is 32.1 Å². The average molecular weight is 355 g/mol. The molecule has 0 aliphatic carbocycles. The number of aryl methyl sites for hydroxylation is 2. The van der Waals surface area contributed by atoms with Gasteiger partial charge in [-0.15, -0.1) is 0 Å². The first kappa shape index (κ1) is 17.5. The van der Waals surface area contributed by atoms with Gasteiger partial charge in [0.2, 0.25) is 0 Å². The van der Waals surface area contributed by atoms with Crippen molar-refractivity contribution in [2.24, 2.45) is 0 Å². The van der Waals surface area contributed by atoms with Gasteiger partial charge in [0.15, 0.2) is 5.65 Å². The maximum absolute atomic E-state index is 12.8. The summed E-state index contributed by atoms with van der Waals surface area (Å²) in [4.78, 5) is 28.6. The summed E-state index contributed by atoms with van der Waals surface area (Å²) in [6, 6.07) is 7.13. The van der Waals surface area contributed by atoms with Gasteiger partial charge in [0.25, 0.3) is 11.8 Å². The van der Waals surface area contributed by atoms with Crippen molar-refractivity contribution in [2.45, 2.75) is 13.8 Å². The molecule has 8 heteroatoms. The highest BCUT2D eigenvalue weighted by Gasteiger charge is 2.15. The van der Waals surface area contributed by atoms with E-state index >= 15 is 0 Å². The molecule has 2 amide bonds. The van der Waals surface area contributed by atoms with Crippen LogP contribution in [-0.2, 0) is 0 Å². The van der Waals surface area contributed by atoms with Crippen LogP contribution in [0.15, 0.2) is 36.5 Å². The molecule has 2 heterocycles. The number of hydrogen-bond acceptors (Lipinski definition) is 4. The third kappa shape index (κ3) is 3.69. The molecule has 0 unspecified atom stereocenters. The fraction of sp³-hybridized carbons (Fsp3) is 0.222. The van der Waals surface area contributed by atoms with Crippen LogP contribution in [-0.4, -0.2) is 39.5 Å². The van der Waals surface area contributed by atoms with Crippen LogP contribution < -0.4 is 10.6 Å². The molecule has 2 N–H and O–H groups in total. The minimum absolute atomic E-state index is 0.243. The summed E-state index contributed by atoms with van der Waals surface area (Å²) in [6.07, 6.45) is 1.47. The van der Waals surface area contributed by atoms with Crippen LogP contribution >= 0.6 is 0 Å². The number of aromatic nitrogens is 3. The number of rotatable bonds is 5. The summed E-state index contributed by atoms with van der Waals surface area (Å²) in [7, 11) is 0. The van der Waals surface area contributed by atoms with E-state index in [1.165, 1.54) is 30.5 Å². The molecule has 0 saturated heterocycles. The van der Waals surface area contributed by atoms with Crippen LogP contribution in [0.3, 0.4) is 0 Å². The molecule has 2 aromatic heterocycles. The predicted molar refractivity (Wildman–Crippen MR) is 93.5 cm³/mol. The second kappa shape index (κ2) is 7.30. The molecule has 0 spiro atoms. The zero-order valence-electron chi connectivity index (χ0n) is 14.4. The summed E-state index contributed by atoms with van der Waals surface area (Å²) < 4.78 is 14.5. The Morgan fingerprint density at radius 1 is 1.08 bits per heavy atom. The van der Waals surface area contributed by atoms with Crippen LogP contribution in [0.2, 0.25) is 0 Å². The lowest BCUT2D eigenvalue weighted by molar-refractivity contribution is 0.0928. The second-order valence-corrected chi connectivity index (χ2v) is 5.85. The summed E-state index contributed by atoms with van der Waals surface area (Å²) in [5.74, 6) is -1.04. The standard InChI is InChI=1S/C18H18FN5O2/c1-11-9-12(2)24-16(23-11)15(10-22-24)18(26)21-8-7-20-17(25)13-3-5-14(19)6-4-13/h3-6,9-10H,7-8H2,1-2H3,(H,20,25)(H,21,26). The number of carbonyl (C=O) groups is 2. The van der Waals surface area contributed by atoms with Crippen LogP contribution in [0, 0.1) is 19.7 Å². The Morgan fingerprint density at radius 3 is 2.42 bits per heavy atom. The average Bonchev–Trinajstić information content (AvgIpc) is 3.03. The highest BCUT2D eigenvalue weighted by Crippen LogP contribution is 2.11. The Balaban J connectivity index is 1.56. The molecule has 0 fully saturated rings. The number of fused-ring (bicyclic) bond motifs is 1. The molecular weight excluding hydrogens is 337 g/mol. The molecule has 3 aromatic rings. The van der Waals surface area contributed by atoms with Gasteiger partial charge in [0, 0.05) is 30.0 Å². The summed E-state index contributed by atoms with van der Waals surface area (Å²) in [5.41, 5.74) is 2.92. The molecular formula is C18H18FN5O2. The van der Waals surface area contributed by atoms with Crippen molar-refractivity contribution in [3.8, 4) is 0 Å². The Kier molecular flexibility index (Phi) is 4.92. The number of carbonyl (C=O) groups excluding carboxylic acids is 2. The van der Waals surface area contributed by atoms with E-state index in [0.717, 1.165) is 11.4 Å². The lowest BCUT2D eigenvalue weighted by Gasteiger charge is -2.07. The van der Waals surface area contributed by atoms with Crippen molar-refractivity contribution >= 4 is 17.5 Å². The van der Waals surface area contributed by atoms with Crippen molar-refractivity contribution in [2.75, 3.05) is 13.1 Å². The van der Waals surface area contributed by atoms with Crippen molar-refractivity contribution in [1.82, 2.24) is 25.2 Å². The molecule has 1 aromatic carbocycles. The minimum atomic E-state index is -0.402. The van der Waals surface area contributed by atoms with Gasteiger partial charge in [-0.2, -0.15) is 5.10 Å². The summed E-state index contributed by atoms with van der Waals surface area (Å²) >= 11 is 0. The molecule has 0 aliphatic heterocycles. The molecule has 0 aliphatic rings. The SMILES string of the molecule is Cc1cc(C)n2ncc(C(=O)NCCNC(=O)c3ccc(F)cc3)c2n1. The van der Waals surface area contributed by atoms with Crippen molar-refractivity contribution in [3.63, 3.8) is 0 Å². The van der Waals surface area contributed by atoms with Crippen LogP contribution in [0.25, 0.3) is 5.65 Å². The van der Waals surface area contributed by atoms with E-state index in [2.05, 4.69) is 20.7 Å². The van der Waals surface area contributed by atoms with Crippen LogP contribution in [0.4, 0.5) is 4.39 Å². The summed E-state index contributed by atoms with van der Waals surface area (Å²) in [5, 5.41) is 9.56. The topological polar surface area (TPSA) is 88.4 Å². The highest BCUT2D eigenvalue weighted by molar-refractivity contribution is 5.99. The zero-order chi connectivity index (χ0) is 18.7. The first-order chi connectivity index (χ1) is 12.5. The molecule has 3 rings (SSSR count). The van der Waals surface area contributed by atoms with Crippen molar-refractivity contribution < 1.29 is 14.0 Å². The van der Waals surface area contributed by atoms with Gasteiger partial charge in [0.05, 0.1) is 6.20 Å². The monoisotopic (exact) mass is 355 g/mol. The number of benzene rings is 1. The Labute approximate surface area is 149 Å². The molecule has 7 nitrogen and oxygen atoms in total. The first-order valence-electron chi connectivity index (χ1n) is 8.09. The summed E-state index contributed by atoms with van der Waals surface area (Å²) in [6.45, 7) is 4.23. The van der Waals surface area contributed by atoms with E-state index in [1.54, 1.807) is 4.52 Å². The fourth-order valence-corrected chi connectivity index (χ4v) is 2.58. The molecule has 0 radical (unpaired) electrons. The lowest BCUT2D eigenvalue weighted by Crippen LogP contribution is -2.34. The van der Waals surface area contributed by atoms with Crippen molar-refractivity contribution in [1.29, 1.82) is 0 Å². The van der Waals surface area contributed by atoms with Gasteiger partial charge in [-0.1, -0.05) is 0 Å². The molecule has 0 bridgehead atoms. The fourth-order valence-electron chi connectivity index (χ4n) is 2.58. The number of amides is 2. The third-order valence-corrected chi connectivity index (χ3v) is 3.83. The minimum Gasteiger partial charge on any atom is -0.350 e. The zero-order valence-corrected chi connectivity index (χ0v) is 14.4. The van der Waals surface area contributed by atoms with Gasteiger partial charge in [0.1, 0.15) is 11.4 Å². The predicted octanol–water partition coefficient (Wildman–Crippen LogP) is 1.65. The van der Waals surface area contributed by atoms with Crippen LogP contribution in [0.5, 0.6) is 0 Å². The van der Waals surface area contributed by atoms with Gasteiger partial charge >= 0.3 is 0 Å². The van der Waals surface area contributed by atoms with E-state index in [-0.39, 0.29) is 24.9 Å². The van der Waals surface area contributed by atoms with Gasteiger partial charge in [-0.05, 0) is 44.2 Å².